The Morgan fingerprint density at radius 2 is 1.74 bits per heavy atom. The van der Waals surface area contributed by atoms with Crippen molar-refractivity contribution in [1.82, 2.24) is 0 Å². The summed E-state index contributed by atoms with van der Waals surface area (Å²) in [7, 11) is 0. The van der Waals surface area contributed by atoms with Gasteiger partial charge in [0.15, 0.2) is 0 Å². The first kappa shape index (κ1) is 23.6. The first-order valence-corrected chi connectivity index (χ1v) is 13.7. The predicted molar refractivity (Wildman–Crippen MR) is 133 cm³/mol. The van der Waals surface area contributed by atoms with Crippen LogP contribution in [0.4, 0.5) is 0 Å². The lowest BCUT2D eigenvalue weighted by Gasteiger charge is -2.59. The molecule has 0 aromatic heterocycles. The second kappa shape index (κ2) is 8.66. The van der Waals surface area contributed by atoms with Gasteiger partial charge in [-0.1, -0.05) is 64.8 Å². The normalized spacial score (nSPS) is 46.2. The molecule has 0 spiro atoms. The van der Waals surface area contributed by atoms with Gasteiger partial charge >= 0.3 is 0 Å². The summed E-state index contributed by atoms with van der Waals surface area (Å²) in [6.07, 6.45) is 16.8. The van der Waals surface area contributed by atoms with Crippen molar-refractivity contribution in [1.29, 1.82) is 0 Å². The Kier molecular flexibility index (Phi) is 6.59. The van der Waals surface area contributed by atoms with Crippen molar-refractivity contribution < 1.29 is 5.11 Å². The van der Waals surface area contributed by atoms with E-state index < -0.39 is 0 Å². The third kappa shape index (κ3) is 3.79. The summed E-state index contributed by atoms with van der Waals surface area (Å²) in [5, 5.41) is 10.5. The Bertz CT molecular complexity index is 716. The van der Waals surface area contributed by atoms with Crippen LogP contribution in [0.2, 0.25) is 0 Å². The first-order chi connectivity index (χ1) is 14.6. The molecular formula is C30H50O. The average molecular weight is 427 g/mol. The predicted octanol–water partition coefficient (Wildman–Crippen LogP) is 8.19. The molecule has 0 heterocycles. The molecule has 0 aromatic carbocycles. The number of aliphatic hydroxyl groups excluding tert-OH is 1. The molecule has 0 bridgehead atoms. The Hall–Kier alpha value is -0.560. The molecule has 3 fully saturated rings. The second-order valence-electron chi connectivity index (χ2n) is 12.9. The number of hydrogen-bond donors (Lipinski definition) is 1. The van der Waals surface area contributed by atoms with E-state index >= 15 is 0 Å². The highest BCUT2D eigenvalue weighted by atomic mass is 16.3. The quantitative estimate of drug-likeness (QED) is 0.439. The van der Waals surface area contributed by atoms with Gasteiger partial charge in [-0.15, -0.1) is 0 Å². The van der Waals surface area contributed by atoms with Crippen LogP contribution >= 0.6 is 0 Å². The molecule has 0 radical (unpaired) electrons. The molecule has 1 nitrogen and oxygen atoms in total. The fourth-order valence-corrected chi connectivity index (χ4v) is 9.28. The van der Waals surface area contributed by atoms with E-state index in [4.69, 9.17) is 0 Å². The van der Waals surface area contributed by atoms with E-state index in [0.29, 0.717) is 28.6 Å². The van der Waals surface area contributed by atoms with Crippen LogP contribution in [0.3, 0.4) is 0 Å². The van der Waals surface area contributed by atoms with E-state index in [1.54, 1.807) is 5.57 Å². The number of allylic oxidation sites excluding steroid dienone is 4. The maximum absolute atomic E-state index is 10.5. The summed E-state index contributed by atoms with van der Waals surface area (Å²) in [5.74, 6) is 5.16. The third-order valence-electron chi connectivity index (χ3n) is 11.3. The Morgan fingerprint density at radius 1 is 1.06 bits per heavy atom. The molecule has 4 rings (SSSR count). The zero-order valence-corrected chi connectivity index (χ0v) is 21.6. The van der Waals surface area contributed by atoms with Crippen molar-refractivity contribution in [3.8, 4) is 0 Å². The first-order valence-electron chi connectivity index (χ1n) is 13.7. The molecule has 9 atom stereocenters. The molecule has 4 aliphatic carbocycles. The van der Waals surface area contributed by atoms with Gasteiger partial charge in [0.2, 0.25) is 0 Å². The lowest BCUT2D eigenvalue weighted by Crippen LogP contribution is -2.52. The molecule has 0 aromatic rings. The van der Waals surface area contributed by atoms with Crippen LogP contribution < -0.4 is 0 Å². The monoisotopic (exact) mass is 426 g/mol. The molecule has 4 aliphatic rings. The van der Waals surface area contributed by atoms with Gasteiger partial charge < -0.3 is 5.11 Å². The van der Waals surface area contributed by atoms with Crippen LogP contribution in [0.15, 0.2) is 23.3 Å². The van der Waals surface area contributed by atoms with Crippen LogP contribution in [0, 0.1) is 52.3 Å². The molecule has 0 saturated heterocycles. The zero-order chi connectivity index (χ0) is 22.6. The lowest BCUT2D eigenvalue weighted by atomic mass is 9.46. The molecule has 176 valence electrons. The van der Waals surface area contributed by atoms with Crippen molar-refractivity contribution >= 4 is 0 Å². The van der Waals surface area contributed by atoms with Gasteiger partial charge in [-0.2, -0.15) is 0 Å². The Morgan fingerprint density at radius 3 is 2.42 bits per heavy atom. The van der Waals surface area contributed by atoms with Gasteiger partial charge in [-0.25, -0.2) is 0 Å². The van der Waals surface area contributed by atoms with E-state index in [9.17, 15) is 5.11 Å². The minimum Gasteiger partial charge on any atom is -0.393 e. The van der Waals surface area contributed by atoms with Crippen LogP contribution in [0.25, 0.3) is 0 Å². The van der Waals surface area contributed by atoms with Gasteiger partial charge in [-0.05, 0) is 117 Å². The molecule has 9 unspecified atom stereocenters. The van der Waals surface area contributed by atoms with E-state index in [0.717, 1.165) is 30.1 Å². The van der Waals surface area contributed by atoms with Crippen molar-refractivity contribution in [2.45, 2.75) is 112 Å². The highest BCUT2D eigenvalue weighted by molar-refractivity contribution is 5.28. The van der Waals surface area contributed by atoms with Crippen LogP contribution in [0.1, 0.15) is 106 Å². The molecule has 31 heavy (non-hydrogen) atoms. The summed E-state index contributed by atoms with van der Waals surface area (Å²) in [5.41, 5.74) is 4.45. The van der Waals surface area contributed by atoms with E-state index in [2.05, 4.69) is 60.6 Å². The van der Waals surface area contributed by atoms with Crippen LogP contribution in [-0.4, -0.2) is 11.2 Å². The minimum atomic E-state index is -0.0773. The van der Waals surface area contributed by atoms with Gasteiger partial charge in [-0.3, -0.25) is 0 Å². The van der Waals surface area contributed by atoms with E-state index in [1.165, 1.54) is 51.4 Å². The van der Waals surface area contributed by atoms with Crippen molar-refractivity contribution in [3.05, 3.63) is 23.3 Å². The fraction of sp³-hybridized carbons (Fsp3) is 0.867. The minimum absolute atomic E-state index is 0.0773. The average Bonchev–Trinajstić information content (AvgIpc) is 3.08. The van der Waals surface area contributed by atoms with Gasteiger partial charge in [0.05, 0.1) is 6.10 Å². The largest absolute Gasteiger partial charge is 0.393 e. The highest BCUT2D eigenvalue weighted by Crippen LogP contribution is 2.67. The van der Waals surface area contributed by atoms with Gasteiger partial charge in [0.1, 0.15) is 0 Å². The number of aliphatic hydroxyl groups is 1. The van der Waals surface area contributed by atoms with E-state index in [1.807, 2.05) is 5.57 Å². The molecule has 0 aliphatic heterocycles. The second-order valence-corrected chi connectivity index (χ2v) is 12.9. The number of rotatable bonds is 5. The Balaban J connectivity index is 1.51. The standard InChI is InChI=1S/C30H50O/c1-8-22(19(2)3)10-9-20(4)24-13-14-26-23-11-12-25-21(5)28(31)16-18-30(25,7)27(23)15-17-29(24,26)6/h8,11,19-21,24-28,31H,9-10,12-18H2,1-7H3. The molecule has 0 amide bonds. The van der Waals surface area contributed by atoms with E-state index in [-0.39, 0.29) is 6.10 Å². The fourth-order valence-electron chi connectivity index (χ4n) is 9.28. The smallest absolute Gasteiger partial charge is 0.0568 e. The molecular weight excluding hydrogens is 376 g/mol. The van der Waals surface area contributed by atoms with Gasteiger partial charge in [0.25, 0.3) is 0 Å². The van der Waals surface area contributed by atoms with Gasteiger partial charge in [0, 0.05) is 0 Å². The van der Waals surface area contributed by atoms with Crippen LogP contribution in [0.5, 0.6) is 0 Å². The number of hydrogen-bond acceptors (Lipinski definition) is 1. The summed E-state index contributed by atoms with van der Waals surface area (Å²) in [4.78, 5) is 0. The van der Waals surface area contributed by atoms with Crippen LogP contribution in [-0.2, 0) is 0 Å². The van der Waals surface area contributed by atoms with Crippen molar-refractivity contribution in [2.24, 2.45) is 52.3 Å². The molecule has 3 saturated carbocycles. The topological polar surface area (TPSA) is 20.2 Å². The summed E-state index contributed by atoms with van der Waals surface area (Å²) in [6, 6.07) is 0. The zero-order valence-electron chi connectivity index (χ0n) is 21.6. The molecule has 1 N–H and O–H groups in total. The van der Waals surface area contributed by atoms with Crippen molar-refractivity contribution in [3.63, 3.8) is 0 Å². The SMILES string of the molecule is CC=C(CCC(C)C1CCC2C3=CCC4C(C)C(O)CCC4(C)C3CCC21C)C(C)C. The third-order valence-corrected chi connectivity index (χ3v) is 11.3. The van der Waals surface area contributed by atoms with Crippen molar-refractivity contribution in [2.75, 3.05) is 0 Å². The summed E-state index contributed by atoms with van der Waals surface area (Å²) >= 11 is 0. The maximum atomic E-state index is 10.5. The summed E-state index contributed by atoms with van der Waals surface area (Å²) in [6.45, 7) is 17.1. The lowest BCUT2D eigenvalue weighted by molar-refractivity contribution is -0.0773. The Labute approximate surface area is 193 Å². The number of fused-ring (bicyclic) bond motifs is 5. The summed E-state index contributed by atoms with van der Waals surface area (Å²) < 4.78 is 0. The maximum Gasteiger partial charge on any atom is 0.0568 e. The highest BCUT2D eigenvalue weighted by Gasteiger charge is 2.59. The molecule has 1 heteroatoms.